The highest BCUT2D eigenvalue weighted by atomic mass is 16.6. The summed E-state index contributed by atoms with van der Waals surface area (Å²) >= 11 is 0. The first-order chi connectivity index (χ1) is 20.0. The third kappa shape index (κ3) is 8.71. The van der Waals surface area contributed by atoms with Gasteiger partial charge < -0.3 is 25.6 Å². The summed E-state index contributed by atoms with van der Waals surface area (Å²) in [6, 6.07) is 15.6. The van der Waals surface area contributed by atoms with Gasteiger partial charge in [-0.05, 0) is 95.2 Å². The Kier molecular flexibility index (Phi) is 10.5. The lowest BCUT2D eigenvalue weighted by Crippen LogP contribution is -2.47. The van der Waals surface area contributed by atoms with Crippen LogP contribution in [0.25, 0.3) is 11.1 Å². The fourth-order valence-corrected chi connectivity index (χ4v) is 5.96. The zero-order valence-electron chi connectivity index (χ0n) is 25.0. The van der Waals surface area contributed by atoms with E-state index in [2.05, 4.69) is 10.6 Å². The molecule has 4 rings (SSSR count). The van der Waals surface area contributed by atoms with Gasteiger partial charge in [-0.15, -0.1) is 0 Å². The molecule has 2 saturated carbocycles. The highest BCUT2D eigenvalue weighted by Gasteiger charge is 2.33. The molecule has 0 spiro atoms. The smallest absolute Gasteiger partial charge is 0.412 e. The number of aliphatic hydroxyl groups excluding tert-OH is 1. The molecule has 0 aliphatic heterocycles. The molecule has 9 heteroatoms. The minimum Gasteiger partial charge on any atom is -0.465 e. The third-order valence-corrected chi connectivity index (χ3v) is 8.12. The molecule has 0 heterocycles. The first kappa shape index (κ1) is 31.3. The maximum absolute atomic E-state index is 12.8. The average Bonchev–Trinajstić information content (AvgIpc) is 2.91. The summed E-state index contributed by atoms with van der Waals surface area (Å²) in [6.07, 6.45) is 4.45. The molecular weight excluding hydrogens is 534 g/mol. The summed E-state index contributed by atoms with van der Waals surface area (Å²) in [5.74, 6) is 0.312. The van der Waals surface area contributed by atoms with Crippen molar-refractivity contribution in [2.75, 3.05) is 11.5 Å². The fourth-order valence-electron chi connectivity index (χ4n) is 5.96. The van der Waals surface area contributed by atoms with Crippen LogP contribution in [-0.4, -0.2) is 58.6 Å². The number of aliphatic hydroxyl groups is 1. The van der Waals surface area contributed by atoms with Gasteiger partial charge in [-0.2, -0.15) is 0 Å². The molecule has 0 bridgehead atoms. The fraction of sp³-hybridized carbons (Fsp3) is 0.545. The van der Waals surface area contributed by atoms with Gasteiger partial charge in [-0.1, -0.05) is 42.5 Å². The van der Waals surface area contributed by atoms with Crippen LogP contribution in [0, 0.1) is 5.92 Å². The molecule has 228 valence electrons. The predicted octanol–water partition coefficient (Wildman–Crippen LogP) is 5.88. The summed E-state index contributed by atoms with van der Waals surface area (Å²) in [5.41, 5.74) is 2.82. The second-order valence-corrected chi connectivity index (χ2v) is 12.7. The highest BCUT2D eigenvalue weighted by molar-refractivity contribution is 5.93. The van der Waals surface area contributed by atoms with Gasteiger partial charge in [0.1, 0.15) is 5.60 Å². The number of carbonyl (C=O) groups excluding carboxylic acids is 2. The number of nitrogens with zero attached hydrogens (tertiary/aromatic N) is 1. The SMILES string of the molecule is CC(C)(C)OC(=O)NC1CCC(N(C(=O)O)c2cc(CCCC(=O)N[C@H]3C[C@H](CO)C3)ccc2-c2ccccc2)CC1. The van der Waals surface area contributed by atoms with Gasteiger partial charge in [0, 0.05) is 36.7 Å². The van der Waals surface area contributed by atoms with E-state index < -0.39 is 17.8 Å². The molecule has 0 radical (unpaired) electrons. The number of carboxylic acid groups (broad SMARTS) is 1. The third-order valence-electron chi connectivity index (χ3n) is 8.12. The van der Waals surface area contributed by atoms with Gasteiger partial charge in [-0.3, -0.25) is 9.69 Å². The first-order valence-corrected chi connectivity index (χ1v) is 15.1. The van der Waals surface area contributed by atoms with E-state index in [9.17, 15) is 24.6 Å². The van der Waals surface area contributed by atoms with E-state index in [4.69, 9.17) is 4.74 Å². The van der Waals surface area contributed by atoms with Crippen LogP contribution >= 0.6 is 0 Å². The van der Waals surface area contributed by atoms with E-state index in [1.807, 2.05) is 69.3 Å². The van der Waals surface area contributed by atoms with Crippen LogP contribution in [-0.2, 0) is 16.0 Å². The topological polar surface area (TPSA) is 128 Å². The van der Waals surface area contributed by atoms with Gasteiger partial charge in [0.15, 0.2) is 0 Å². The number of hydrogen-bond acceptors (Lipinski definition) is 5. The molecule has 0 atom stereocenters. The molecule has 2 fully saturated rings. The first-order valence-electron chi connectivity index (χ1n) is 15.1. The zero-order chi connectivity index (χ0) is 30.3. The van der Waals surface area contributed by atoms with Crippen molar-refractivity contribution in [1.82, 2.24) is 10.6 Å². The van der Waals surface area contributed by atoms with Crippen LogP contribution in [0.5, 0.6) is 0 Å². The molecule has 9 nitrogen and oxygen atoms in total. The molecule has 0 saturated heterocycles. The minimum atomic E-state index is -1.01. The van der Waals surface area contributed by atoms with Crippen molar-refractivity contribution >= 4 is 23.8 Å². The molecule has 0 aromatic heterocycles. The number of nitrogens with one attached hydrogen (secondary N) is 2. The molecule has 2 aromatic rings. The van der Waals surface area contributed by atoms with Crippen LogP contribution < -0.4 is 15.5 Å². The Hall–Kier alpha value is -3.59. The van der Waals surface area contributed by atoms with E-state index in [0.29, 0.717) is 56.6 Å². The standard InChI is InChI=1S/C33H45N3O6/c1-33(2,3)42-31(39)35-25-13-15-27(16-14-25)36(32(40)41)29-20-22(12-17-28(29)24-9-5-4-6-10-24)8-7-11-30(38)34-26-18-23(19-26)21-37/h4-6,9-10,12,17,20,23,25-27,37H,7-8,11,13-16,18-19,21H2,1-3H3,(H,34,38)(H,35,39)(H,40,41)/t23-,25?,26-,27?. The van der Waals surface area contributed by atoms with Crippen molar-refractivity contribution in [3.8, 4) is 11.1 Å². The van der Waals surface area contributed by atoms with Crippen LogP contribution in [0.15, 0.2) is 48.5 Å². The largest absolute Gasteiger partial charge is 0.465 e. The number of rotatable bonds is 10. The average molecular weight is 580 g/mol. The Morgan fingerprint density at radius 2 is 1.64 bits per heavy atom. The molecule has 2 aliphatic carbocycles. The number of amides is 3. The van der Waals surface area contributed by atoms with Crippen LogP contribution in [0.1, 0.15) is 77.7 Å². The monoisotopic (exact) mass is 579 g/mol. The van der Waals surface area contributed by atoms with E-state index in [-0.39, 0.29) is 30.6 Å². The summed E-state index contributed by atoms with van der Waals surface area (Å²) in [5, 5.41) is 25.6. The minimum absolute atomic E-state index is 0.0152. The maximum Gasteiger partial charge on any atom is 0.412 e. The second-order valence-electron chi connectivity index (χ2n) is 12.7. The van der Waals surface area contributed by atoms with Crippen molar-refractivity contribution in [3.05, 3.63) is 54.1 Å². The number of anilines is 1. The van der Waals surface area contributed by atoms with Crippen molar-refractivity contribution < 1.29 is 29.3 Å². The number of ether oxygens (including phenoxy) is 1. The highest BCUT2D eigenvalue weighted by Crippen LogP contribution is 2.37. The van der Waals surface area contributed by atoms with Crippen molar-refractivity contribution in [2.24, 2.45) is 5.92 Å². The Bertz CT molecular complexity index is 1210. The summed E-state index contributed by atoms with van der Waals surface area (Å²) < 4.78 is 5.39. The van der Waals surface area contributed by atoms with Crippen molar-refractivity contribution in [2.45, 2.75) is 102 Å². The number of carbonyl (C=O) groups is 3. The Labute approximate surface area is 248 Å². The van der Waals surface area contributed by atoms with Crippen LogP contribution in [0.4, 0.5) is 15.3 Å². The van der Waals surface area contributed by atoms with Gasteiger partial charge in [0.25, 0.3) is 0 Å². The molecule has 3 amide bonds. The Balaban J connectivity index is 1.44. The van der Waals surface area contributed by atoms with Gasteiger partial charge >= 0.3 is 12.2 Å². The molecular formula is C33H45N3O6. The number of aryl methyl sites for hydroxylation is 1. The summed E-state index contributed by atoms with van der Waals surface area (Å²) in [7, 11) is 0. The molecule has 2 aromatic carbocycles. The Morgan fingerprint density at radius 3 is 2.26 bits per heavy atom. The van der Waals surface area contributed by atoms with Gasteiger partial charge in [0.05, 0.1) is 5.69 Å². The van der Waals surface area contributed by atoms with Crippen LogP contribution in [0.2, 0.25) is 0 Å². The van der Waals surface area contributed by atoms with Crippen molar-refractivity contribution in [3.63, 3.8) is 0 Å². The molecule has 4 N–H and O–H groups in total. The summed E-state index contributed by atoms with van der Waals surface area (Å²) in [4.78, 5) is 38.9. The molecule has 0 unspecified atom stereocenters. The summed E-state index contributed by atoms with van der Waals surface area (Å²) in [6.45, 7) is 5.64. The van der Waals surface area contributed by atoms with E-state index >= 15 is 0 Å². The lowest BCUT2D eigenvalue weighted by molar-refractivity contribution is -0.122. The molecule has 42 heavy (non-hydrogen) atoms. The Morgan fingerprint density at radius 1 is 0.952 bits per heavy atom. The van der Waals surface area contributed by atoms with Crippen molar-refractivity contribution in [1.29, 1.82) is 0 Å². The number of benzene rings is 2. The van der Waals surface area contributed by atoms with Gasteiger partial charge in [-0.25, -0.2) is 9.59 Å². The zero-order valence-corrected chi connectivity index (χ0v) is 25.0. The van der Waals surface area contributed by atoms with Gasteiger partial charge in [0.2, 0.25) is 5.91 Å². The van der Waals surface area contributed by atoms with Crippen LogP contribution in [0.3, 0.4) is 0 Å². The molecule has 2 aliphatic rings. The lowest BCUT2D eigenvalue weighted by atomic mass is 9.81. The normalized spacial score (nSPS) is 22.0. The maximum atomic E-state index is 12.8. The quantitative estimate of drug-likeness (QED) is 0.278. The predicted molar refractivity (Wildman–Crippen MR) is 162 cm³/mol. The lowest BCUT2D eigenvalue weighted by Gasteiger charge is -2.36. The number of hydrogen-bond donors (Lipinski definition) is 4. The second kappa shape index (κ2) is 14.1. The van der Waals surface area contributed by atoms with E-state index in [1.165, 1.54) is 4.90 Å². The van der Waals surface area contributed by atoms with E-state index in [1.54, 1.807) is 0 Å². The van der Waals surface area contributed by atoms with E-state index in [0.717, 1.165) is 29.5 Å². The number of alkyl carbamates (subject to hydrolysis) is 1.